The van der Waals surface area contributed by atoms with Gasteiger partial charge in [-0.1, -0.05) is 25.2 Å². The molecule has 0 spiro atoms. The van der Waals surface area contributed by atoms with Crippen molar-refractivity contribution in [3.8, 4) is 0 Å². The molecule has 0 bridgehead atoms. The number of fused-ring (bicyclic) bond motifs is 1. The van der Waals surface area contributed by atoms with Crippen LogP contribution < -0.4 is 15.8 Å². The molecule has 2 aromatic rings. The zero-order valence-electron chi connectivity index (χ0n) is 17.0. The summed E-state index contributed by atoms with van der Waals surface area (Å²) in [6, 6.07) is 1.49. The van der Waals surface area contributed by atoms with Gasteiger partial charge in [0.15, 0.2) is 0 Å². The first-order valence-electron chi connectivity index (χ1n) is 10.1. The average molecular weight is 407 g/mol. The highest BCUT2D eigenvalue weighted by Crippen LogP contribution is 2.26. The molecule has 1 aliphatic rings. The van der Waals surface area contributed by atoms with Crippen molar-refractivity contribution in [1.29, 1.82) is 0 Å². The Morgan fingerprint density at radius 1 is 1.39 bits per heavy atom. The lowest BCUT2D eigenvalue weighted by Crippen LogP contribution is -2.43. The van der Waals surface area contributed by atoms with Crippen LogP contribution in [0, 0.1) is 12.8 Å². The highest BCUT2D eigenvalue weighted by molar-refractivity contribution is 7.20. The van der Waals surface area contributed by atoms with E-state index in [2.05, 4.69) is 39.0 Å². The number of aryl methyl sites for hydroxylation is 1. The Balaban J connectivity index is 1.57. The number of aromatic nitrogens is 3. The fourth-order valence-corrected chi connectivity index (χ4v) is 4.59. The van der Waals surface area contributed by atoms with E-state index in [4.69, 9.17) is 0 Å². The molecule has 2 aromatic heterocycles. The normalized spacial score (nSPS) is 17.4. The number of piperidine rings is 1. The molecular formula is C19H30N6O2S. The number of rotatable bonds is 8. The van der Waals surface area contributed by atoms with Gasteiger partial charge in [-0.05, 0) is 45.8 Å². The minimum atomic E-state index is -0.162. The summed E-state index contributed by atoms with van der Waals surface area (Å²) in [4.78, 5) is 34.1. The van der Waals surface area contributed by atoms with Crippen molar-refractivity contribution in [2.75, 3.05) is 44.2 Å². The number of hydrogen-bond donors (Lipinski definition) is 1. The third-order valence-electron chi connectivity index (χ3n) is 5.27. The maximum Gasteiger partial charge on any atom is 0.275 e. The van der Waals surface area contributed by atoms with E-state index in [0.717, 1.165) is 50.6 Å². The van der Waals surface area contributed by atoms with Crippen LogP contribution in [0.2, 0.25) is 0 Å². The summed E-state index contributed by atoms with van der Waals surface area (Å²) >= 11 is 1.40. The third-order valence-corrected chi connectivity index (χ3v) is 6.24. The molecule has 0 saturated carbocycles. The van der Waals surface area contributed by atoms with Crippen molar-refractivity contribution < 1.29 is 4.79 Å². The fraction of sp³-hybridized carbons (Fsp3) is 0.684. The van der Waals surface area contributed by atoms with Crippen LogP contribution in [0.5, 0.6) is 0 Å². The summed E-state index contributed by atoms with van der Waals surface area (Å²) in [6.45, 7) is 11.4. The summed E-state index contributed by atoms with van der Waals surface area (Å²) in [5.41, 5.74) is 0.533. The Hall–Kier alpha value is -2.00. The minimum Gasteiger partial charge on any atom is -0.356 e. The molecule has 9 heteroatoms. The van der Waals surface area contributed by atoms with Crippen LogP contribution in [0.15, 0.2) is 10.9 Å². The Labute approximate surface area is 169 Å². The van der Waals surface area contributed by atoms with E-state index in [-0.39, 0.29) is 17.4 Å². The summed E-state index contributed by atoms with van der Waals surface area (Å²) < 4.78 is 1.35. The molecule has 1 N–H and O–H groups in total. The highest BCUT2D eigenvalue weighted by Gasteiger charge is 2.27. The van der Waals surface area contributed by atoms with Crippen LogP contribution in [-0.2, 0) is 4.79 Å². The van der Waals surface area contributed by atoms with Crippen LogP contribution in [0.25, 0.3) is 4.96 Å². The molecule has 1 saturated heterocycles. The molecule has 3 rings (SSSR count). The monoisotopic (exact) mass is 406 g/mol. The SMILES string of the molecule is CCN(CC)CCCNC(=O)C1CCCN(c2nn3c(=O)cc(C)nc3s2)C1. The first-order chi connectivity index (χ1) is 13.5. The van der Waals surface area contributed by atoms with Crippen LogP contribution in [0.1, 0.15) is 38.8 Å². The lowest BCUT2D eigenvalue weighted by molar-refractivity contribution is -0.125. The summed E-state index contributed by atoms with van der Waals surface area (Å²) in [5.74, 6) is 0.0807. The standard InChI is InChI=1S/C19H30N6O2S/c1-4-23(5-2)10-7-9-20-17(27)15-8-6-11-24(13-15)19-22-25-16(26)12-14(3)21-18(25)28-19/h12,15H,4-11,13H2,1-3H3,(H,20,27). The van der Waals surface area contributed by atoms with Gasteiger partial charge in [0.2, 0.25) is 16.0 Å². The molecule has 0 aliphatic carbocycles. The molecule has 3 heterocycles. The van der Waals surface area contributed by atoms with Crippen LogP contribution in [0.3, 0.4) is 0 Å². The molecule has 1 amide bonds. The Bertz CT molecular complexity index is 860. The van der Waals surface area contributed by atoms with Crippen molar-refractivity contribution in [2.45, 2.75) is 40.0 Å². The summed E-state index contributed by atoms with van der Waals surface area (Å²) in [7, 11) is 0. The molecular weight excluding hydrogens is 376 g/mol. The quantitative estimate of drug-likeness (QED) is 0.670. The molecule has 154 valence electrons. The van der Waals surface area contributed by atoms with Crippen LogP contribution in [0.4, 0.5) is 5.13 Å². The second-order valence-electron chi connectivity index (χ2n) is 7.27. The van der Waals surface area contributed by atoms with Crippen molar-refractivity contribution in [1.82, 2.24) is 24.8 Å². The van der Waals surface area contributed by atoms with E-state index in [9.17, 15) is 9.59 Å². The van der Waals surface area contributed by atoms with E-state index < -0.39 is 0 Å². The lowest BCUT2D eigenvalue weighted by atomic mass is 9.97. The zero-order chi connectivity index (χ0) is 20.1. The van der Waals surface area contributed by atoms with Gasteiger partial charge in [-0.2, -0.15) is 4.52 Å². The second-order valence-corrected chi connectivity index (χ2v) is 8.21. The van der Waals surface area contributed by atoms with Crippen LogP contribution in [-0.4, -0.2) is 64.7 Å². The summed E-state index contributed by atoms with van der Waals surface area (Å²) in [5, 5.41) is 8.29. The van der Waals surface area contributed by atoms with Gasteiger partial charge in [0.05, 0.1) is 5.92 Å². The van der Waals surface area contributed by atoms with Crippen molar-refractivity contribution >= 4 is 27.3 Å². The van der Waals surface area contributed by atoms with Gasteiger partial charge in [0.1, 0.15) is 0 Å². The van der Waals surface area contributed by atoms with Gasteiger partial charge >= 0.3 is 0 Å². The number of carbonyl (C=O) groups is 1. The van der Waals surface area contributed by atoms with Gasteiger partial charge in [0.25, 0.3) is 5.56 Å². The first-order valence-corrected chi connectivity index (χ1v) is 11.0. The van der Waals surface area contributed by atoms with Gasteiger partial charge in [-0.25, -0.2) is 4.98 Å². The van der Waals surface area contributed by atoms with E-state index in [0.29, 0.717) is 23.7 Å². The predicted molar refractivity (Wildman–Crippen MR) is 112 cm³/mol. The number of hydrogen-bond acceptors (Lipinski definition) is 7. The Morgan fingerprint density at radius 3 is 2.93 bits per heavy atom. The number of nitrogens with one attached hydrogen (secondary N) is 1. The third kappa shape index (κ3) is 4.88. The van der Waals surface area contributed by atoms with E-state index in [1.54, 1.807) is 0 Å². The Kier molecular flexibility index (Phi) is 7.01. The molecule has 1 fully saturated rings. The molecule has 0 radical (unpaired) electrons. The lowest BCUT2D eigenvalue weighted by Gasteiger charge is -2.31. The number of anilines is 1. The van der Waals surface area contributed by atoms with E-state index >= 15 is 0 Å². The molecule has 0 aromatic carbocycles. The topological polar surface area (TPSA) is 82.8 Å². The van der Waals surface area contributed by atoms with E-state index in [1.165, 1.54) is 21.9 Å². The first kappa shape index (κ1) is 20.7. The van der Waals surface area contributed by atoms with Crippen molar-refractivity contribution in [2.24, 2.45) is 5.92 Å². The number of amides is 1. The van der Waals surface area contributed by atoms with Crippen LogP contribution >= 0.6 is 11.3 Å². The molecule has 8 nitrogen and oxygen atoms in total. The highest BCUT2D eigenvalue weighted by atomic mass is 32.1. The second kappa shape index (κ2) is 9.47. The fourth-order valence-electron chi connectivity index (χ4n) is 3.60. The number of nitrogens with zero attached hydrogens (tertiary/aromatic N) is 5. The molecule has 1 aliphatic heterocycles. The van der Waals surface area contributed by atoms with Gasteiger partial charge < -0.3 is 15.1 Å². The largest absolute Gasteiger partial charge is 0.356 e. The minimum absolute atomic E-state index is 0.0411. The molecule has 28 heavy (non-hydrogen) atoms. The van der Waals surface area contributed by atoms with Crippen molar-refractivity contribution in [3.05, 3.63) is 22.1 Å². The Morgan fingerprint density at radius 2 is 2.18 bits per heavy atom. The van der Waals surface area contributed by atoms with Gasteiger partial charge in [0, 0.05) is 31.4 Å². The zero-order valence-corrected chi connectivity index (χ0v) is 17.8. The maximum atomic E-state index is 12.6. The molecule has 1 atom stereocenters. The summed E-state index contributed by atoms with van der Waals surface area (Å²) in [6.07, 6.45) is 2.80. The smallest absolute Gasteiger partial charge is 0.275 e. The molecule has 1 unspecified atom stereocenters. The van der Waals surface area contributed by atoms with Gasteiger partial charge in [-0.15, -0.1) is 5.10 Å². The van der Waals surface area contributed by atoms with E-state index in [1.807, 2.05) is 6.92 Å². The van der Waals surface area contributed by atoms with Crippen molar-refractivity contribution in [3.63, 3.8) is 0 Å². The maximum absolute atomic E-state index is 12.6. The number of carbonyl (C=O) groups excluding carboxylic acids is 1. The predicted octanol–water partition coefficient (Wildman–Crippen LogP) is 1.52. The average Bonchev–Trinajstić information content (AvgIpc) is 3.12. The van der Waals surface area contributed by atoms with Gasteiger partial charge in [-0.3, -0.25) is 9.59 Å².